The summed E-state index contributed by atoms with van der Waals surface area (Å²) in [6.45, 7) is 2.55. The van der Waals surface area contributed by atoms with Crippen molar-refractivity contribution in [2.45, 2.75) is 13.3 Å². The summed E-state index contributed by atoms with van der Waals surface area (Å²) in [6, 6.07) is 27.7. The Labute approximate surface area is 207 Å². The predicted molar refractivity (Wildman–Crippen MR) is 140 cm³/mol. The molecule has 35 heavy (non-hydrogen) atoms. The Morgan fingerprint density at radius 1 is 0.943 bits per heavy atom. The van der Waals surface area contributed by atoms with Gasteiger partial charge in [-0.25, -0.2) is 9.38 Å². The number of amides is 1. The predicted octanol–water partition coefficient (Wildman–Crippen LogP) is 7.24. The van der Waals surface area contributed by atoms with E-state index in [0.29, 0.717) is 28.1 Å². The second-order valence-electron chi connectivity index (χ2n) is 8.24. The summed E-state index contributed by atoms with van der Waals surface area (Å²) >= 11 is 1.34. The molecule has 0 unspecified atom stereocenters. The standard InChI is InChI=1S/C29H23FN2O2S/c1-20-7-13-24(14-8-20)31-29-32(18-17-21-5-3-2-4-6-21)28(33)27(35-29)19-25-15-16-26(34-25)22-9-11-23(30)12-10-22/h2-16,19H,17-18H2,1H3/b27-19+,31-29?. The minimum absolute atomic E-state index is 0.100. The Bertz CT molecular complexity index is 1390. The van der Waals surface area contributed by atoms with E-state index in [1.54, 1.807) is 23.1 Å². The molecule has 4 aromatic rings. The Kier molecular flexibility index (Phi) is 6.64. The molecule has 0 saturated carbocycles. The van der Waals surface area contributed by atoms with Crippen LogP contribution in [0.5, 0.6) is 0 Å². The van der Waals surface area contributed by atoms with E-state index >= 15 is 0 Å². The van der Waals surface area contributed by atoms with Crippen LogP contribution in [0.25, 0.3) is 17.4 Å². The van der Waals surface area contributed by atoms with E-state index in [9.17, 15) is 9.18 Å². The molecule has 0 radical (unpaired) electrons. The van der Waals surface area contributed by atoms with Crippen LogP contribution < -0.4 is 0 Å². The fourth-order valence-electron chi connectivity index (χ4n) is 3.73. The molecule has 1 aliphatic rings. The van der Waals surface area contributed by atoms with Gasteiger partial charge in [0.25, 0.3) is 5.91 Å². The minimum Gasteiger partial charge on any atom is -0.457 e. The molecule has 174 valence electrons. The summed E-state index contributed by atoms with van der Waals surface area (Å²) in [6.07, 6.45) is 2.47. The molecule has 1 aliphatic heterocycles. The Morgan fingerprint density at radius 2 is 1.69 bits per heavy atom. The Balaban J connectivity index is 1.42. The molecule has 1 fully saturated rings. The molecular formula is C29H23FN2O2S. The zero-order valence-electron chi connectivity index (χ0n) is 19.1. The molecule has 4 nitrogen and oxygen atoms in total. The molecule has 0 N–H and O–H groups in total. The average Bonchev–Trinajstić information content (AvgIpc) is 3.45. The van der Waals surface area contributed by atoms with Gasteiger partial charge in [0.05, 0.1) is 10.6 Å². The van der Waals surface area contributed by atoms with Crippen molar-refractivity contribution in [3.05, 3.63) is 119 Å². The molecule has 1 aromatic heterocycles. The Morgan fingerprint density at radius 3 is 2.43 bits per heavy atom. The van der Waals surface area contributed by atoms with E-state index in [0.717, 1.165) is 28.8 Å². The number of nitrogens with zero attached hydrogens (tertiary/aromatic N) is 2. The molecule has 1 amide bonds. The zero-order valence-corrected chi connectivity index (χ0v) is 20.0. The van der Waals surface area contributed by atoms with E-state index in [4.69, 9.17) is 9.41 Å². The fourth-order valence-corrected chi connectivity index (χ4v) is 4.74. The third-order valence-electron chi connectivity index (χ3n) is 5.64. The monoisotopic (exact) mass is 482 g/mol. The second-order valence-corrected chi connectivity index (χ2v) is 9.25. The number of carbonyl (C=O) groups excluding carboxylic acids is 1. The van der Waals surface area contributed by atoms with Gasteiger partial charge in [0.15, 0.2) is 5.17 Å². The lowest BCUT2D eigenvalue weighted by Gasteiger charge is -2.15. The van der Waals surface area contributed by atoms with Crippen molar-refractivity contribution in [2.24, 2.45) is 4.99 Å². The summed E-state index contributed by atoms with van der Waals surface area (Å²) in [5.74, 6) is 0.768. The number of carbonyl (C=O) groups is 1. The number of aryl methyl sites for hydroxylation is 1. The largest absolute Gasteiger partial charge is 0.457 e. The molecular weight excluding hydrogens is 459 g/mol. The summed E-state index contributed by atoms with van der Waals surface area (Å²) in [4.78, 5) is 20.4. The number of benzene rings is 3. The first-order chi connectivity index (χ1) is 17.0. The van der Waals surface area contributed by atoms with E-state index in [1.807, 2.05) is 61.5 Å². The zero-order chi connectivity index (χ0) is 24.2. The maximum Gasteiger partial charge on any atom is 0.266 e. The van der Waals surface area contributed by atoms with E-state index in [2.05, 4.69) is 12.1 Å². The maximum absolute atomic E-state index is 13.4. The lowest BCUT2D eigenvalue weighted by molar-refractivity contribution is -0.122. The third-order valence-corrected chi connectivity index (χ3v) is 6.65. The number of amidine groups is 1. The van der Waals surface area contributed by atoms with Crippen LogP contribution in [-0.4, -0.2) is 22.5 Å². The van der Waals surface area contributed by atoms with Gasteiger partial charge in [0, 0.05) is 18.2 Å². The molecule has 3 aromatic carbocycles. The number of thioether (sulfide) groups is 1. The van der Waals surface area contributed by atoms with E-state index < -0.39 is 0 Å². The highest BCUT2D eigenvalue weighted by molar-refractivity contribution is 8.18. The normalized spacial score (nSPS) is 15.9. The average molecular weight is 483 g/mol. The van der Waals surface area contributed by atoms with Crippen molar-refractivity contribution in [3.63, 3.8) is 0 Å². The number of rotatable bonds is 6. The van der Waals surface area contributed by atoms with Gasteiger partial charge in [-0.05, 0) is 79.2 Å². The van der Waals surface area contributed by atoms with Gasteiger partial charge in [-0.1, -0.05) is 48.0 Å². The quantitative estimate of drug-likeness (QED) is 0.272. The SMILES string of the molecule is Cc1ccc(N=C2S/C(=C/c3ccc(-c4ccc(F)cc4)o3)C(=O)N2CCc2ccccc2)cc1. The van der Waals surface area contributed by atoms with Crippen molar-refractivity contribution < 1.29 is 13.6 Å². The van der Waals surface area contributed by atoms with Gasteiger partial charge in [-0.3, -0.25) is 9.69 Å². The number of hydrogen-bond donors (Lipinski definition) is 0. The Hall–Kier alpha value is -3.90. The molecule has 2 heterocycles. The number of aliphatic imine (C=N–C) groups is 1. The van der Waals surface area contributed by atoms with Crippen molar-refractivity contribution in [2.75, 3.05) is 6.54 Å². The smallest absolute Gasteiger partial charge is 0.266 e. The summed E-state index contributed by atoms with van der Waals surface area (Å²) in [5.41, 5.74) is 3.88. The van der Waals surface area contributed by atoms with E-state index in [1.165, 1.54) is 23.9 Å². The number of hydrogen-bond acceptors (Lipinski definition) is 4. The van der Waals surface area contributed by atoms with Gasteiger partial charge >= 0.3 is 0 Å². The fraction of sp³-hybridized carbons (Fsp3) is 0.103. The minimum atomic E-state index is -0.299. The highest BCUT2D eigenvalue weighted by Crippen LogP contribution is 2.35. The van der Waals surface area contributed by atoms with Gasteiger partial charge < -0.3 is 4.42 Å². The lowest BCUT2D eigenvalue weighted by atomic mass is 10.1. The van der Waals surface area contributed by atoms with Crippen LogP contribution in [0.1, 0.15) is 16.9 Å². The first-order valence-corrected chi connectivity index (χ1v) is 12.1. The van der Waals surface area contributed by atoms with Crippen LogP contribution in [0.4, 0.5) is 10.1 Å². The second kappa shape index (κ2) is 10.2. The molecule has 0 aliphatic carbocycles. The van der Waals surface area contributed by atoms with Gasteiger partial charge in [0.1, 0.15) is 17.3 Å². The van der Waals surface area contributed by atoms with Crippen molar-refractivity contribution in [3.8, 4) is 11.3 Å². The molecule has 1 saturated heterocycles. The molecule has 0 bridgehead atoms. The number of furan rings is 1. The van der Waals surface area contributed by atoms with Crippen molar-refractivity contribution in [1.82, 2.24) is 4.90 Å². The van der Waals surface area contributed by atoms with Crippen molar-refractivity contribution in [1.29, 1.82) is 0 Å². The molecule has 0 atom stereocenters. The van der Waals surface area contributed by atoms with E-state index in [-0.39, 0.29) is 11.7 Å². The van der Waals surface area contributed by atoms with Gasteiger partial charge in [-0.2, -0.15) is 0 Å². The van der Waals surface area contributed by atoms with Crippen LogP contribution in [0.2, 0.25) is 0 Å². The summed E-state index contributed by atoms with van der Waals surface area (Å²) < 4.78 is 19.2. The van der Waals surface area contributed by atoms with Crippen LogP contribution in [-0.2, 0) is 11.2 Å². The maximum atomic E-state index is 13.4. The molecule has 0 spiro atoms. The van der Waals surface area contributed by atoms with Crippen LogP contribution in [0.15, 0.2) is 105 Å². The van der Waals surface area contributed by atoms with Crippen LogP contribution in [0.3, 0.4) is 0 Å². The number of halogens is 1. The molecule has 5 rings (SSSR count). The highest BCUT2D eigenvalue weighted by atomic mass is 32.2. The van der Waals surface area contributed by atoms with Crippen LogP contribution >= 0.6 is 11.8 Å². The third kappa shape index (κ3) is 5.44. The first-order valence-electron chi connectivity index (χ1n) is 11.3. The first kappa shape index (κ1) is 22.9. The highest BCUT2D eigenvalue weighted by Gasteiger charge is 2.33. The van der Waals surface area contributed by atoms with Gasteiger partial charge in [-0.15, -0.1) is 0 Å². The summed E-state index contributed by atoms with van der Waals surface area (Å²) in [7, 11) is 0. The topological polar surface area (TPSA) is 45.8 Å². The molecule has 6 heteroatoms. The van der Waals surface area contributed by atoms with Crippen LogP contribution in [0, 0.1) is 12.7 Å². The summed E-state index contributed by atoms with van der Waals surface area (Å²) in [5, 5.41) is 0.645. The van der Waals surface area contributed by atoms with Gasteiger partial charge in [0.2, 0.25) is 0 Å². The van der Waals surface area contributed by atoms with Crippen molar-refractivity contribution >= 4 is 34.6 Å². The lowest BCUT2D eigenvalue weighted by Crippen LogP contribution is -2.31.